The molecule has 1 aromatic carbocycles. The molecule has 0 aliphatic rings. The second-order valence-corrected chi connectivity index (χ2v) is 5.01. The Morgan fingerprint density at radius 1 is 1.50 bits per heavy atom. The highest BCUT2D eigenvalue weighted by molar-refractivity contribution is 7.07. The lowest BCUT2D eigenvalue weighted by atomic mass is 10.1. The summed E-state index contributed by atoms with van der Waals surface area (Å²) in [7, 11) is 1.73. The van der Waals surface area contributed by atoms with Crippen LogP contribution >= 0.6 is 11.3 Å². The van der Waals surface area contributed by atoms with Gasteiger partial charge in [0.05, 0.1) is 24.4 Å². The molecule has 0 bridgehead atoms. The molecule has 5 nitrogen and oxygen atoms in total. The maximum atomic E-state index is 12.5. The van der Waals surface area contributed by atoms with E-state index in [2.05, 4.69) is 4.98 Å². The van der Waals surface area contributed by atoms with Gasteiger partial charge in [-0.3, -0.25) is 4.79 Å². The van der Waals surface area contributed by atoms with Gasteiger partial charge < -0.3 is 15.4 Å². The smallest absolute Gasteiger partial charge is 0.259 e. The largest absolute Gasteiger partial charge is 0.493 e. The van der Waals surface area contributed by atoms with Crippen molar-refractivity contribution in [1.82, 2.24) is 9.88 Å². The van der Waals surface area contributed by atoms with Gasteiger partial charge in [0.25, 0.3) is 5.91 Å². The van der Waals surface area contributed by atoms with Gasteiger partial charge in [-0.1, -0.05) is 6.07 Å². The number of rotatable bonds is 5. The number of nitrogens with two attached hydrogens (primary N) is 1. The van der Waals surface area contributed by atoms with Crippen molar-refractivity contribution in [2.24, 2.45) is 0 Å². The molecule has 1 amide bonds. The Balaban J connectivity index is 2.23. The van der Waals surface area contributed by atoms with E-state index in [0.29, 0.717) is 30.2 Å². The average Bonchev–Trinajstić information content (AvgIpc) is 2.91. The highest BCUT2D eigenvalue weighted by atomic mass is 32.1. The van der Waals surface area contributed by atoms with Crippen molar-refractivity contribution in [3.05, 3.63) is 40.3 Å². The molecule has 0 aliphatic heterocycles. The summed E-state index contributed by atoms with van der Waals surface area (Å²) in [6.45, 7) is 2.80. The summed E-state index contributed by atoms with van der Waals surface area (Å²) in [4.78, 5) is 18.3. The first-order valence-corrected chi connectivity index (χ1v) is 7.21. The fourth-order valence-electron chi connectivity index (χ4n) is 1.87. The summed E-state index contributed by atoms with van der Waals surface area (Å²) in [5.41, 5.74) is 9.36. The van der Waals surface area contributed by atoms with E-state index < -0.39 is 0 Å². The highest BCUT2D eigenvalue weighted by Crippen LogP contribution is 2.26. The average molecular weight is 291 g/mol. The number of thiazole rings is 1. The lowest BCUT2D eigenvalue weighted by Crippen LogP contribution is -2.27. The Morgan fingerprint density at radius 3 is 2.95 bits per heavy atom. The van der Waals surface area contributed by atoms with Gasteiger partial charge >= 0.3 is 0 Å². The minimum atomic E-state index is -0.167. The van der Waals surface area contributed by atoms with E-state index in [0.717, 1.165) is 5.69 Å². The van der Waals surface area contributed by atoms with Crippen molar-refractivity contribution in [3.8, 4) is 5.75 Å². The van der Waals surface area contributed by atoms with Crippen LogP contribution in [0.5, 0.6) is 5.75 Å². The summed E-state index contributed by atoms with van der Waals surface area (Å²) < 4.78 is 5.48. The Morgan fingerprint density at radius 2 is 2.30 bits per heavy atom. The molecule has 0 radical (unpaired) electrons. The number of hydrogen-bond acceptors (Lipinski definition) is 5. The number of nitrogens with zero attached hydrogens (tertiary/aromatic N) is 2. The first kappa shape index (κ1) is 14.3. The number of carbonyl (C=O) groups excluding carboxylic acids is 1. The molecule has 0 unspecified atom stereocenters. The minimum Gasteiger partial charge on any atom is -0.493 e. The van der Waals surface area contributed by atoms with Crippen LogP contribution in [0.3, 0.4) is 0 Å². The molecule has 2 rings (SSSR count). The predicted octanol–water partition coefficient (Wildman–Crippen LogP) is 2.40. The van der Waals surface area contributed by atoms with Gasteiger partial charge in [-0.25, -0.2) is 4.98 Å². The van der Waals surface area contributed by atoms with Crippen LogP contribution in [0.2, 0.25) is 0 Å². The minimum absolute atomic E-state index is 0.167. The standard InChI is InChI=1S/C14H17N3O2S/c1-3-19-12-6-4-5-11(15)13(12)14(18)17(2)7-10-8-20-9-16-10/h4-6,8-9H,3,7,15H2,1-2H3. The van der Waals surface area contributed by atoms with Crippen molar-refractivity contribution in [2.75, 3.05) is 19.4 Å². The van der Waals surface area contributed by atoms with Crippen LogP contribution in [0.25, 0.3) is 0 Å². The van der Waals surface area contributed by atoms with E-state index in [1.54, 1.807) is 35.7 Å². The molecule has 1 aromatic heterocycles. The highest BCUT2D eigenvalue weighted by Gasteiger charge is 2.20. The van der Waals surface area contributed by atoms with Gasteiger partial charge in [0.15, 0.2) is 0 Å². The summed E-state index contributed by atoms with van der Waals surface area (Å²) in [6, 6.07) is 5.23. The number of carbonyl (C=O) groups is 1. The van der Waals surface area contributed by atoms with E-state index in [-0.39, 0.29) is 5.91 Å². The molecule has 6 heteroatoms. The lowest BCUT2D eigenvalue weighted by molar-refractivity contribution is 0.0780. The van der Waals surface area contributed by atoms with Crippen LogP contribution in [0.4, 0.5) is 5.69 Å². The van der Waals surface area contributed by atoms with Crippen LogP contribution in [0, 0.1) is 0 Å². The third-order valence-electron chi connectivity index (χ3n) is 2.80. The first-order valence-electron chi connectivity index (χ1n) is 6.27. The number of ether oxygens (including phenoxy) is 1. The van der Waals surface area contributed by atoms with Crippen LogP contribution in [-0.4, -0.2) is 29.4 Å². The molecule has 0 fully saturated rings. The monoisotopic (exact) mass is 291 g/mol. The Labute approximate surface area is 122 Å². The zero-order chi connectivity index (χ0) is 14.5. The maximum Gasteiger partial charge on any atom is 0.259 e. The number of amides is 1. The third-order valence-corrected chi connectivity index (χ3v) is 3.44. The van der Waals surface area contributed by atoms with E-state index >= 15 is 0 Å². The number of anilines is 1. The SMILES string of the molecule is CCOc1cccc(N)c1C(=O)N(C)Cc1cscn1. The van der Waals surface area contributed by atoms with E-state index in [9.17, 15) is 4.79 Å². The summed E-state index contributed by atoms with van der Waals surface area (Å²) in [5.74, 6) is 0.349. The van der Waals surface area contributed by atoms with Crippen molar-refractivity contribution in [1.29, 1.82) is 0 Å². The normalized spacial score (nSPS) is 10.3. The van der Waals surface area contributed by atoms with Crippen molar-refractivity contribution < 1.29 is 9.53 Å². The molecule has 0 spiro atoms. The second-order valence-electron chi connectivity index (χ2n) is 4.29. The molecular weight excluding hydrogens is 274 g/mol. The molecule has 0 saturated heterocycles. The van der Waals surface area contributed by atoms with Crippen molar-refractivity contribution in [3.63, 3.8) is 0 Å². The lowest BCUT2D eigenvalue weighted by Gasteiger charge is -2.19. The van der Waals surface area contributed by atoms with E-state index in [4.69, 9.17) is 10.5 Å². The van der Waals surface area contributed by atoms with Crippen LogP contribution in [0.15, 0.2) is 29.1 Å². The molecular formula is C14H17N3O2S. The zero-order valence-electron chi connectivity index (χ0n) is 11.5. The number of hydrogen-bond donors (Lipinski definition) is 1. The van der Waals surface area contributed by atoms with Crippen molar-refractivity contribution in [2.45, 2.75) is 13.5 Å². The van der Waals surface area contributed by atoms with Gasteiger partial charge in [0.2, 0.25) is 0 Å². The Bertz CT molecular complexity index is 584. The molecule has 0 atom stereocenters. The Kier molecular flexibility index (Phi) is 4.57. The van der Waals surface area contributed by atoms with E-state index in [1.165, 1.54) is 11.3 Å². The van der Waals surface area contributed by atoms with Crippen LogP contribution < -0.4 is 10.5 Å². The molecule has 1 heterocycles. The Hall–Kier alpha value is -2.08. The quantitative estimate of drug-likeness (QED) is 0.859. The fourth-order valence-corrected chi connectivity index (χ4v) is 2.42. The third kappa shape index (κ3) is 3.08. The second kappa shape index (κ2) is 6.38. The molecule has 106 valence electrons. The van der Waals surface area contributed by atoms with Gasteiger partial charge in [-0.15, -0.1) is 11.3 Å². The number of benzene rings is 1. The van der Waals surface area contributed by atoms with Gasteiger partial charge in [0, 0.05) is 18.1 Å². The summed E-state index contributed by atoms with van der Waals surface area (Å²) >= 11 is 1.51. The first-order chi connectivity index (χ1) is 9.63. The summed E-state index contributed by atoms with van der Waals surface area (Å²) in [6.07, 6.45) is 0. The number of aromatic nitrogens is 1. The molecule has 2 N–H and O–H groups in total. The molecule has 0 aliphatic carbocycles. The van der Waals surface area contributed by atoms with Gasteiger partial charge in [-0.2, -0.15) is 0 Å². The molecule has 0 saturated carbocycles. The molecule has 20 heavy (non-hydrogen) atoms. The number of nitrogen functional groups attached to an aromatic ring is 1. The van der Waals surface area contributed by atoms with Crippen molar-refractivity contribution >= 4 is 22.9 Å². The van der Waals surface area contributed by atoms with Gasteiger partial charge in [-0.05, 0) is 19.1 Å². The molecule has 2 aromatic rings. The zero-order valence-corrected chi connectivity index (χ0v) is 12.3. The summed E-state index contributed by atoms with van der Waals surface area (Å²) in [5, 5.41) is 1.92. The maximum absolute atomic E-state index is 12.5. The fraction of sp³-hybridized carbons (Fsp3) is 0.286. The van der Waals surface area contributed by atoms with E-state index in [1.807, 2.05) is 12.3 Å². The topological polar surface area (TPSA) is 68.5 Å². The van der Waals surface area contributed by atoms with Crippen LogP contribution in [-0.2, 0) is 6.54 Å². The van der Waals surface area contributed by atoms with Gasteiger partial charge in [0.1, 0.15) is 11.3 Å². The predicted molar refractivity (Wildman–Crippen MR) is 79.9 cm³/mol. The van der Waals surface area contributed by atoms with Crippen LogP contribution in [0.1, 0.15) is 23.0 Å².